The Balaban J connectivity index is 2.35. The molecule has 2 rings (SSSR count). The van der Waals surface area contributed by atoms with Crippen molar-refractivity contribution in [2.75, 3.05) is 5.73 Å². The topological polar surface area (TPSA) is 64.2 Å². The summed E-state index contributed by atoms with van der Waals surface area (Å²) in [5, 5.41) is 0. The summed E-state index contributed by atoms with van der Waals surface area (Å²) in [6.45, 7) is 8.64. The van der Waals surface area contributed by atoms with Crippen LogP contribution in [0, 0.1) is 5.41 Å². The highest BCUT2D eigenvalue weighted by atomic mass is 15.0. The number of aromatic nitrogens is 2. The number of anilines is 1. The van der Waals surface area contributed by atoms with Crippen LogP contribution < -0.4 is 5.73 Å². The van der Waals surface area contributed by atoms with Crippen molar-refractivity contribution in [3.05, 3.63) is 23.5 Å². The zero-order valence-electron chi connectivity index (χ0n) is 12.8. The van der Waals surface area contributed by atoms with Crippen LogP contribution in [0.5, 0.6) is 0 Å². The summed E-state index contributed by atoms with van der Waals surface area (Å²) in [5.41, 5.74) is 9.45. The number of rotatable bonds is 5. The minimum Gasteiger partial charge on any atom is -0.368 e. The van der Waals surface area contributed by atoms with Crippen molar-refractivity contribution >= 4 is 17.7 Å². The molecule has 1 aromatic heterocycles. The highest BCUT2D eigenvalue weighted by Gasteiger charge is 2.37. The molecule has 1 saturated carbocycles. The SMILES string of the molecule is C/C(CC1(C)CC1)=C(\C=NC(C)C)c1ccnc(N)n1. The van der Waals surface area contributed by atoms with E-state index in [1.54, 1.807) is 6.20 Å². The first kappa shape index (κ1) is 14.7. The van der Waals surface area contributed by atoms with Crippen LogP contribution >= 0.6 is 0 Å². The number of allylic oxidation sites excluding steroid dienone is 2. The molecule has 1 fully saturated rings. The van der Waals surface area contributed by atoms with Crippen LogP contribution in [-0.4, -0.2) is 22.2 Å². The Labute approximate surface area is 121 Å². The Hall–Kier alpha value is -1.71. The first-order valence-electron chi connectivity index (χ1n) is 7.21. The molecule has 4 nitrogen and oxygen atoms in total. The quantitative estimate of drug-likeness (QED) is 0.834. The van der Waals surface area contributed by atoms with Gasteiger partial charge in [0, 0.05) is 24.0 Å². The van der Waals surface area contributed by atoms with Crippen molar-refractivity contribution in [3.63, 3.8) is 0 Å². The lowest BCUT2D eigenvalue weighted by atomic mass is 9.95. The molecule has 0 aromatic carbocycles. The van der Waals surface area contributed by atoms with Crippen LogP contribution in [0.3, 0.4) is 0 Å². The number of aliphatic imine (C=N–C) groups is 1. The molecule has 4 heteroatoms. The molecule has 0 atom stereocenters. The third-order valence-electron chi connectivity index (χ3n) is 3.71. The van der Waals surface area contributed by atoms with E-state index in [1.165, 1.54) is 18.4 Å². The molecule has 108 valence electrons. The first-order valence-corrected chi connectivity index (χ1v) is 7.21. The first-order chi connectivity index (χ1) is 9.39. The predicted molar refractivity (Wildman–Crippen MR) is 84.6 cm³/mol. The summed E-state index contributed by atoms with van der Waals surface area (Å²) >= 11 is 0. The molecule has 1 heterocycles. The van der Waals surface area contributed by atoms with Gasteiger partial charge in [0.05, 0.1) is 5.69 Å². The van der Waals surface area contributed by atoms with Gasteiger partial charge < -0.3 is 5.73 Å². The molecule has 0 saturated heterocycles. The number of nitrogen functional groups attached to an aromatic ring is 1. The summed E-state index contributed by atoms with van der Waals surface area (Å²) in [5.74, 6) is 0.309. The Morgan fingerprint density at radius 3 is 2.75 bits per heavy atom. The third-order valence-corrected chi connectivity index (χ3v) is 3.71. The van der Waals surface area contributed by atoms with E-state index in [0.717, 1.165) is 17.7 Å². The average molecular weight is 272 g/mol. The largest absolute Gasteiger partial charge is 0.368 e. The van der Waals surface area contributed by atoms with Gasteiger partial charge in [-0.2, -0.15) is 0 Å². The Kier molecular flexibility index (Phi) is 4.21. The van der Waals surface area contributed by atoms with E-state index in [0.29, 0.717) is 11.4 Å². The molecule has 0 unspecified atom stereocenters. The molecule has 1 aromatic rings. The fourth-order valence-electron chi connectivity index (χ4n) is 2.27. The summed E-state index contributed by atoms with van der Waals surface area (Å²) in [6, 6.07) is 2.17. The van der Waals surface area contributed by atoms with E-state index >= 15 is 0 Å². The maximum atomic E-state index is 5.70. The maximum absolute atomic E-state index is 5.70. The van der Waals surface area contributed by atoms with Crippen molar-refractivity contribution < 1.29 is 0 Å². The van der Waals surface area contributed by atoms with Crippen LogP contribution in [0.15, 0.2) is 22.8 Å². The minimum absolute atomic E-state index is 0.272. The summed E-state index contributed by atoms with van der Waals surface area (Å²) in [4.78, 5) is 12.8. The second-order valence-electron chi connectivity index (χ2n) is 6.35. The number of hydrogen-bond acceptors (Lipinski definition) is 4. The van der Waals surface area contributed by atoms with Gasteiger partial charge in [0.1, 0.15) is 0 Å². The van der Waals surface area contributed by atoms with Crippen LogP contribution in [0.2, 0.25) is 0 Å². The lowest BCUT2D eigenvalue weighted by molar-refractivity contribution is 0.568. The average Bonchev–Trinajstić information content (AvgIpc) is 3.06. The Morgan fingerprint density at radius 2 is 2.20 bits per heavy atom. The van der Waals surface area contributed by atoms with Gasteiger partial charge in [0.15, 0.2) is 0 Å². The van der Waals surface area contributed by atoms with Gasteiger partial charge in [-0.05, 0) is 51.5 Å². The fraction of sp³-hybridized carbons (Fsp3) is 0.562. The highest BCUT2D eigenvalue weighted by molar-refractivity contribution is 6.10. The monoisotopic (exact) mass is 272 g/mol. The van der Waals surface area contributed by atoms with Crippen molar-refractivity contribution in [3.8, 4) is 0 Å². The van der Waals surface area contributed by atoms with Crippen molar-refractivity contribution in [1.29, 1.82) is 0 Å². The summed E-state index contributed by atoms with van der Waals surface area (Å²) in [6.07, 6.45) is 7.35. The van der Waals surface area contributed by atoms with E-state index in [1.807, 2.05) is 12.3 Å². The molecule has 0 amide bonds. The fourth-order valence-corrected chi connectivity index (χ4v) is 2.27. The van der Waals surface area contributed by atoms with Gasteiger partial charge in [0.25, 0.3) is 0 Å². The van der Waals surface area contributed by atoms with Crippen molar-refractivity contribution in [2.45, 2.75) is 53.0 Å². The van der Waals surface area contributed by atoms with E-state index in [2.05, 4.69) is 42.7 Å². The summed E-state index contributed by atoms with van der Waals surface area (Å²) < 4.78 is 0. The minimum atomic E-state index is 0.272. The molecule has 0 aliphatic heterocycles. The predicted octanol–water partition coefficient (Wildman–Crippen LogP) is 3.50. The molecular weight excluding hydrogens is 248 g/mol. The normalized spacial score (nSPS) is 18.4. The highest BCUT2D eigenvalue weighted by Crippen LogP contribution is 2.50. The zero-order chi connectivity index (χ0) is 14.8. The second-order valence-corrected chi connectivity index (χ2v) is 6.35. The smallest absolute Gasteiger partial charge is 0.220 e. The molecule has 2 N–H and O–H groups in total. The van der Waals surface area contributed by atoms with Crippen molar-refractivity contribution in [1.82, 2.24) is 9.97 Å². The lowest BCUT2D eigenvalue weighted by Crippen LogP contribution is -2.03. The van der Waals surface area contributed by atoms with Crippen LogP contribution in [0.1, 0.15) is 52.7 Å². The van der Waals surface area contributed by atoms with E-state index < -0.39 is 0 Å². The Bertz CT molecular complexity index is 539. The molecule has 0 radical (unpaired) electrons. The van der Waals surface area contributed by atoms with Crippen molar-refractivity contribution in [2.24, 2.45) is 10.4 Å². The standard InChI is InChI=1S/C16H24N4/c1-11(2)19-10-13(12(3)9-16(4)6-7-16)14-5-8-18-15(17)20-14/h5,8,10-11H,6-7,9H2,1-4H3,(H2,17,18,20)/b13-12-,19-10?. The lowest BCUT2D eigenvalue weighted by Gasteiger charge is -2.13. The Morgan fingerprint density at radius 1 is 1.50 bits per heavy atom. The molecule has 1 aliphatic carbocycles. The molecule has 0 spiro atoms. The summed E-state index contributed by atoms with van der Waals surface area (Å²) in [7, 11) is 0. The van der Waals surface area contributed by atoms with E-state index in [-0.39, 0.29) is 6.04 Å². The van der Waals surface area contributed by atoms with Gasteiger partial charge in [-0.25, -0.2) is 9.97 Å². The second kappa shape index (κ2) is 5.73. The molecule has 1 aliphatic rings. The third kappa shape index (κ3) is 3.89. The molecule has 0 bridgehead atoms. The van der Waals surface area contributed by atoms with Crippen LogP contribution in [0.4, 0.5) is 5.95 Å². The number of nitrogens with zero attached hydrogens (tertiary/aromatic N) is 3. The van der Waals surface area contributed by atoms with E-state index in [9.17, 15) is 0 Å². The van der Waals surface area contributed by atoms with E-state index in [4.69, 9.17) is 5.73 Å². The van der Waals surface area contributed by atoms with Gasteiger partial charge in [-0.1, -0.05) is 12.5 Å². The van der Waals surface area contributed by atoms with Gasteiger partial charge in [-0.15, -0.1) is 0 Å². The number of nitrogens with two attached hydrogens (primary N) is 1. The van der Waals surface area contributed by atoms with Gasteiger partial charge in [0.2, 0.25) is 5.95 Å². The van der Waals surface area contributed by atoms with Crippen LogP contribution in [-0.2, 0) is 0 Å². The van der Waals surface area contributed by atoms with Gasteiger partial charge in [-0.3, -0.25) is 4.99 Å². The number of hydrogen-bond donors (Lipinski definition) is 1. The molecule has 20 heavy (non-hydrogen) atoms. The maximum Gasteiger partial charge on any atom is 0.220 e. The zero-order valence-corrected chi connectivity index (χ0v) is 12.8. The van der Waals surface area contributed by atoms with Gasteiger partial charge >= 0.3 is 0 Å². The molecular formula is C16H24N4. The van der Waals surface area contributed by atoms with Crippen LogP contribution in [0.25, 0.3) is 5.57 Å².